The molecule has 0 saturated heterocycles. The van der Waals surface area contributed by atoms with E-state index in [1.807, 2.05) is 47.8 Å². The molecule has 19 heavy (non-hydrogen) atoms. The van der Waals surface area contributed by atoms with Crippen molar-refractivity contribution in [1.29, 1.82) is 0 Å². The van der Waals surface area contributed by atoms with E-state index < -0.39 is 0 Å². The Labute approximate surface area is 125 Å². The number of hydrogen-bond donors (Lipinski definition) is 0. The number of halogens is 2. The van der Waals surface area contributed by atoms with Crippen LogP contribution in [0.25, 0.3) is 21.8 Å². The van der Waals surface area contributed by atoms with Gasteiger partial charge in [-0.1, -0.05) is 53.5 Å². The highest BCUT2D eigenvalue weighted by atomic mass is 35.5. The van der Waals surface area contributed by atoms with Crippen LogP contribution in [0.15, 0.2) is 53.9 Å². The first kappa shape index (κ1) is 12.7. The smallest absolute Gasteiger partial charge is 0.124 e. The van der Waals surface area contributed by atoms with Crippen molar-refractivity contribution in [2.24, 2.45) is 0 Å². The van der Waals surface area contributed by atoms with E-state index in [0.29, 0.717) is 10.0 Å². The number of hydrogen-bond acceptors (Lipinski definition) is 2. The van der Waals surface area contributed by atoms with Crippen LogP contribution in [-0.4, -0.2) is 4.98 Å². The van der Waals surface area contributed by atoms with Gasteiger partial charge < -0.3 is 0 Å². The van der Waals surface area contributed by atoms with Crippen LogP contribution in [0.1, 0.15) is 0 Å². The van der Waals surface area contributed by atoms with E-state index in [1.165, 1.54) is 0 Å². The van der Waals surface area contributed by atoms with Gasteiger partial charge in [0, 0.05) is 21.5 Å². The molecule has 0 atom stereocenters. The molecule has 0 amide bonds. The van der Waals surface area contributed by atoms with Gasteiger partial charge in [-0.15, -0.1) is 11.3 Å². The molecule has 1 nitrogen and oxygen atoms in total. The number of thiazole rings is 1. The minimum absolute atomic E-state index is 0.623. The van der Waals surface area contributed by atoms with Crippen LogP contribution < -0.4 is 0 Å². The highest BCUT2D eigenvalue weighted by molar-refractivity contribution is 7.13. The van der Waals surface area contributed by atoms with E-state index in [9.17, 15) is 0 Å². The van der Waals surface area contributed by atoms with Crippen LogP contribution in [0.4, 0.5) is 0 Å². The summed E-state index contributed by atoms with van der Waals surface area (Å²) in [5.41, 5.74) is 2.90. The Balaban J connectivity index is 2.02. The highest BCUT2D eigenvalue weighted by Crippen LogP contribution is 2.33. The van der Waals surface area contributed by atoms with Gasteiger partial charge in [0.15, 0.2) is 0 Å². The molecule has 94 valence electrons. The fourth-order valence-corrected chi connectivity index (χ4v) is 3.14. The van der Waals surface area contributed by atoms with Gasteiger partial charge in [0.2, 0.25) is 0 Å². The molecule has 0 saturated carbocycles. The predicted molar refractivity (Wildman–Crippen MR) is 83.0 cm³/mol. The molecular formula is C15H9Cl2NS. The first-order valence-corrected chi connectivity index (χ1v) is 7.34. The molecule has 0 unspecified atom stereocenters. The molecule has 3 rings (SSSR count). The Morgan fingerprint density at radius 1 is 0.947 bits per heavy atom. The molecular weight excluding hydrogens is 297 g/mol. The molecule has 0 spiro atoms. The summed E-state index contributed by atoms with van der Waals surface area (Å²) >= 11 is 13.7. The summed E-state index contributed by atoms with van der Waals surface area (Å²) < 4.78 is 0. The fraction of sp³-hybridized carbons (Fsp3) is 0. The van der Waals surface area contributed by atoms with Gasteiger partial charge in [-0.2, -0.15) is 0 Å². The Hall–Kier alpha value is -1.35. The molecule has 2 aromatic carbocycles. The average molecular weight is 306 g/mol. The number of benzene rings is 2. The second-order valence-electron chi connectivity index (χ2n) is 4.03. The molecule has 4 heteroatoms. The first-order chi connectivity index (χ1) is 9.24. The maximum Gasteiger partial charge on any atom is 0.124 e. The topological polar surface area (TPSA) is 12.9 Å². The van der Waals surface area contributed by atoms with E-state index in [4.69, 9.17) is 23.2 Å². The highest BCUT2D eigenvalue weighted by Gasteiger charge is 2.09. The maximum atomic E-state index is 6.20. The van der Waals surface area contributed by atoms with Gasteiger partial charge in [0.05, 0.1) is 10.7 Å². The van der Waals surface area contributed by atoms with Gasteiger partial charge in [-0.05, 0) is 18.2 Å². The Bertz CT molecular complexity index is 707. The van der Waals surface area contributed by atoms with Crippen molar-refractivity contribution in [1.82, 2.24) is 4.98 Å². The minimum Gasteiger partial charge on any atom is -0.236 e. The standard InChI is InChI=1S/C15H9Cl2NS/c16-11-6-7-12(13(17)8-11)14-9-19-15(18-14)10-4-2-1-3-5-10/h1-9H. The molecule has 3 aromatic rings. The molecule has 0 N–H and O–H groups in total. The predicted octanol–water partition coefficient (Wildman–Crippen LogP) is 5.78. The summed E-state index contributed by atoms with van der Waals surface area (Å²) in [6.45, 7) is 0. The second-order valence-corrected chi connectivity index (χ2v) is 5.73. The van der Waals surface area contributed by atoms with Crippen LogP contribution in [-0.2, 0) is 0 Å². The third kappa shape index (κ3) is 2.66. The lowest BCUT2D eigenvalue weighted by Gasteiger charge is -2.00. The van der Waals surface area contributed by atoms with Gasteiger partial charge in [0.25, 0.3) is 0 Å². The molecule has 0 bridgehead atoms. The zero-order valence-electron chi connectivity index (χ0n) is 9.81. The van der Waals surface area contributed by atoms with E-state index in [-0.39, 0.29) is 0 Å². The summed E-state index contributed by atoms with van der Waals surface area (Å²) in [5.74, 6) is 0. The van der Waals surface area contributed by atoms with Crippen molar-refractivity contribution in [2.45, 2.75) is 0 Å². The average Bonchev–Trinajstić information content (AvgIpc) is 2.89. The number of rotatable bonds is 2. The van der Waals surface area contributed by atoms with Crippen LogP contribution >= 0.6 is 34.5 Å². The molecule has 0 aliphatic heterocycles. The largest absolute Gasteiger partial charge is 0.236 e. The molecule has 1 heterocycles. The summed E-state index contributed by atoms with van der Waals surface area (Å²) in [7, 11) is 0. The lowest BCUT2D eigenvalue weighted by atomic mass is 10.2. The second kappa shape index (κ2) is 5.33. The Kier molecular flexibility index (Phi) is 3.56. The van der Waals surface area contributed by atoms with Crippen LogP contribution in [0, 0.1) is 0 Å². The fourth-order valence-electron chi connectivity index (χ4n) is 1.81. The molecule has 0 fully saturated rings. The lowest BCUT2D eigenvalue weighted by molar-refractivity contribution is 1.40. The summed E-state index contributed by atoms with van der Waals surface area (Å²) in [5, 5.41) is 4.25. The Morgan fingerprint density at radius 2 is 1.74 bits per heavy atom. The van der Waals surface area contributed by atoms with E-state index >= 15 is 0 Å². The van der Waals surface area contributed by atoms with Crippen molar-refractivity contribution in [2.75, 3.05) is 0 Å². The van der Waals surface area contributed by atoms with Crippen LogP contribution in [0.5, 0.6) is 0 Å². The van der Waals surface area contributed by atoms with Crippen molar-refractivity contribution in [3.63, 3.8) is 0 Å². The van der Waals surface area contributed by atoms with Gasteiger partial charge in [-0.3, -0.25) is 0 Å². The summed E-state index contributed by atoms with van der Waals surface area (Å²) in [6, 6.07) is 15.6. The first-order valence-electron chi connectivity index (χ1n) is 5.70. The summed E-state index contributed by atoms with van der Waals surface area (Å²) in [4.78, 5) is 4.63. The molecule has 0 aliphatic rings. The van der Waals surface area contributed by atoms with Crippen LogP contribution in [0.3, 0.4) is 0 Å². The number of aromatic nitrogens is 1. The molecule has 0 radical (unpaired) electrons. The normalized spacial score (nSPS) is 10.6. The molecule has 0 aliphatic carbocycles. The van der Waals surface area contributed by atoms with E-state index in [1.54, 1.807) is 17.4 Å². The minimum atomic E-state index is 0.623. The van der Waals surface area contributed by atoms with Crippen molar-refractivity contribution >= 4 is 34.5 Å². The molecule has 1 aromatic heterocycles. The quantitative estimate of drug-likeness (QED) is 0.584. The van der Waals surface area contributed by atoms with E-state index in [2.05, 4.69) is 4.98 Å². The van der Waals surface area contributed by atoms with E-state index in [0.717, 1.165) is 21.8 Å². The van der Waals surface area contributed by atoms with Crippen molar-refractivity contribution in [3.05, 3.63) is 64.0 Å². The number of nitrogens with zero attached hydrogens (tertiary/aromatic N) is 1. The van der Waals surface area contributed by atoms with Crippen LogP contribution in [0.2, 0.25) is 10.0 Å². The van der Waals surface area contributed by atoms with Gasteiger partial charge in [0.1, 0.15) is 5.01 Å². The van der Waals surface area contributed by atoms with Crippen molar-refractivity contribution < 1.29 is 0 Å². The summed E-state index contributed by atoms with van der Waals surface area (Å²) in [6.07, 6.45) is 0. The lowest BCUT2D eigenvalue weighted by Crippen LogP contribution is -1.81. The monoisotopic (exact) mass is 305 g/mol. The maximum absolute atomic E-state index is 6.20. The van der Waals surface area contributed by atoms with Crippen molar-refractivity contribution in [3.8, 4) is 21.8 Å². The SMILES string of the molecule is Clc1ccc(-c2csc(-c3ccccc3)n2)c(Cl)c1. The van der Waals surface area contributed by atoms with Gasteiger partial charge >= 0.3 is 0 Å². The van der Waals surface area contributed by atoms with Gasteiger partial charge in [-0.25, -0.2) is 4.98 Å². The Morgan fingerprint density at radius 3 is 2.47 bits per heavy atom. The zero-order chi connectivity index (χ0) is 13.2. The zero-order valence-corrected chi connectivity index (χ0v) is 12.1. The third-order valence-corrected chi connectivity index (χ3v) is 4.17. The third-order valence-electron chi connectivity index (χ3n) is 2.73.